The number of halogens is 7. The van der Waals surface area contributed by atoms with Crippen LogP contribution in [0.1, 0.15) is 75.4 Å². The van der Waals surface area contributed by atoms with Crippen molar-refractivity contribution in [3.8, 4) is 0 Å². The van der Waals surface area contributed by atoms with Gasteiger partial charge >= 0.3 is 18.4 Å². The Labute approximate surface area is 268 Å². The van der Waals surface area contributed by atoms with Crippen LogP contribution in [0.5, 0.6) is 0 Å². The molecule has 4 aromatic rings. The minimum absolute atomic E-state index is 0. The van der Waals surface area contributed by atoms with Gasteiger partial charge in [0.2, 0.25) is 0 Å². The highest BCUT2D eigenvalue weighted by atomic mass is 35.5. The number of urea groups is 1. The summed E-state index contributed by atoms with van der Waals surface area (Å²) in [5.74, 6) is 0.617. The second-order valence-corrected chi connectivity index (χ2v) is 12.3. The van der Waals surface area contributed by atoms with E-state index in [1.807, 2.05) is 20.8 Å². The Kier molecular flexibility index (Phi) is 13.2. The third-order valence-electron chi connectivity index (χ3n) is 5.54. The molecule has 0 saturated heterocycles. The van der Waals surface area contributed by atoms with Crippen LogP contribution in [-0.2, 0) is 25.4 Å². The van der Waals surface area contributed by atoms with Gasteiger partial charge in [-0.1, -0.05) is 5.18 Å². The van der Waals surface area contributed by atoms with Crippen LogP contribution in [0, 0.1) is 18.8 Å². The van der Waals surface area contributed by atoms with Crippen molar-refractivity contribution in [3.05, 3.63) is 63.1 Å². The fourth-order valence-electron chi connectivity index (χ4n) is 3.79. The normalized spacial score (nSPS) is 12.0. The number of aromatic nitrogens is 4. The molecule has 0 atom stereocenters. The van der Waals surface area contributed by atoms with Gasteiger partial charge in [-0.15, -0.1) is 12.4 Å². The van der Waals surface area contributed by atoms with Crippen LogP contribution in [-0.4, -0.2) is 37.0 Å². The summed E-state index contributed by atoms with van der Waals surface area (Å²) in [6.45, 7) is 14.1. The average molecular weight is 681 g/mol. The van der Waals surface area contributed by atoms with Gasteiger partial charge in [0, 0.05) is 5.54 Å². The van der Waals surface area contributed by atoms with Gasteiger partial charge in [0.1, 0.15) is 22.7 Å². The predicted octanol–water partition coefficient (Wildman–Crippen LogP) is 7.81. The summed E-state index contributed by atoms with van der Waals surface area (Å²) in [6.07, 6.45) is -8.88. The van der Waals surface area contributed by atoms with Gasteiger partial charge in [-0.05, 0) is 90.8 Å². The van der Waals surface area contributed by atoms with Crippen molar-refractivity contribution < 1.29 is 31.1 Å². The fraction of sp³-hybridized carbons (Fsp3) is 0.483. The zero-order chi connectivity index (χ0) is 34.5. The van der Waals surface area contributed by atoms with Crippen LogP contribution in [0.15, 0.2) is 29.4 Å². The lowest BCUT2D eigenvalue weighted by Crippen LogP contribution is -2.46. The van der Waals surface area contributed by atoms with Crippen molar-refractivity contribution in [2.45, 2.75) is 91.9 Å². The van der Waals surface area contributed by atoms with Crippen molar-refractivity contribution in [1.29, 1.82) is 0 Å². The second kappa shape index (κ2) is 15.1. The molecule has 0 bridgehead atoms. The van der Waals surface area contributed by atoms with E-state index in [0.29, 0.717) is 28.0 Å². The van der Waals surface area contributed by atoms with Gasteiger partial charge in [0.25, 0.3) is 0 Å². The summed E-state index contributed by atoms with van der Waals surface area (Å²) in [7, 11) is 0. The molecule has 2 aromatic carbocycles. The second-order valence-electron chi connectivity index (χ2n) is 12.3. The third-order valence-corrected chi connectivity index (χ3v) is 5.54. The number of H-pyrrole nitrogens is 2. The first-order chi connectivity index (χ1) is 20.4. The lowest BCUT2D eigenvalue weighted by atomic mass is 10.1. The number of amides is 2. The largest absolute Gasteiger partial charge is 0.418 e. The molecule has 10 nitrogen and oxygen atoms in total. The summed E-state index contributed by atoms with van der Waals surface area (Å²) < 4.78 is 77.4. The molecule has 2 aromatic heterocycles. The Hall–Kier alpha value is -3.92. The molecule has 0 saturated carbocycles. The highest BCUT2D eigenvalue weighted by molar-refractivity contribution is 5.85. The highest BCUT2D eigenvalue weighted by Gasteiger charge is 2.35. The van der Waals surface area contributed by atoms with Gasteiger partial charge in [-0.3, -0.25) is 0 Å². The first kappa shape index (κ1) is 40.1. The summed E-state index contributed by atoms with van der Waals surface area (Å²) in [5, 5.41) is 8.03. The van der Waals surface area contributed by atoms with E-state index in [4.69, 9.17) is 5.73 Å². The zero-order valence-corrected chi connectivity index (χ0v) is 27.5. The Morgan fingerprint density at radius 1 is 0.804 bits per heavy atom. The Morgan fingerprint density at radius 3 is 1.54 bits per heavy atom. The molecule has 0 fully saturated rings. The average Bonchev–Trinajstić information content (AvgIpc) is 3.48. The van der Waals surface area contributed by atoms with Gasteiger partial charge in [-0.25, -0.2) is 14.8 Å². The number of benzene rings is 2. The number of hydrogen-bond donors (Lipinski definition) is 5. The number of nitroso groups, excluding NO2 is 1. The predicted molar refractivity (Wildman–Crippen MR) is 167 cm³/mol. The van der Waals surface area contributed by atoms with E-state index in [9.17, 15) is 36.0 Å². The summed E-state index contributed by atoms with van der Waals surface area (Å²) in [5.41, 5.74) is 4.51. The van der Waals surface area contributed by atoms with Crippen LogP contribution in [0.4, 0.5) is 31.1 Å². The number of nitrogens with two attached hydrogens (primary N) is 1. The number of nitrogens with zero attached hydrogens (tertiary/aromatic N) is 3. The summed E-state index contributed by atoms with van der Waals surface area (Å²) in [4.78, 5) is 34.6. The van der Waals surface area contributed by atoms with E-state index >= 15 is 0 Å². The maximum absolute atomic E-state index is 13.1. The molecule has 0 spiro atoms. The lowest BCUT2D eigenvalue weighted by Gasteiger charge is -2.20. The smallest absolute Gasteiger partial charge is 0.341 e. The van der Waals surface area contributed by atoms with Gasteiger partial charge in [-0.2, -0.15) is 31.2 Å². The standard InChI is InChI=1S/C15H19F3N4O.C10H10F3N3.C4H9NO.ClH/c1-8-5-9(15(16,17)18)12-10(6-8)20-11(21-12)7-19-13(23)22-14(2,3)4;1-5-2-6(10(11,12)13)9-7(3-5)15-8(4-14)16-9;1-4(2,3)5-6;/h5-6H,7H2,1-4H3,(H,20,21)(H2,19,22,23);2-3H,4,14H2,1H3,(H,15,16);1-3H3;1H. The van der Waals surface area contributed by atoms with Crippen molar-refractivity contribution >= 4 is 40.5 Å². The van der Waals surface area contributed by atoms with Gasteiger partial charge in [0.05, 0.1) is 40.8 Å². The Bertz CT molecular complexity index is 1630. The van der Waals surface area contributed by atoms with Gasteiger partial charge in [0.15, 0.2) is 0 Å². The van der Waals surface area contributed by atoms with E-state index in [0.717, 1.165) is 12.1 Å². The fourth-order valence-corrected chi connectivity index (χ4v) is 3.79. The maximum Gasteiger partial charge on any atom is 0.418 e. The van der Waals surface area contributed by atoms with Crippen molar-refractivity contribution in [2.75, 3.05) is 0 Å². The molecular formula is C29H39ClF6N8O2. The molecule has 2 amide bonds. The minimum Gasteiger partial charge on any atom is -0.341 e. The van der Waals surface area contributed by atoms with Crippen molar-refractivity contribution in [3.63, 3.8) is 0 Å². The third kappa shape index (κ3) is 12.1. The summed E-state index contributed by atoms with van der Waals surface area (Å²) >= 11 is 0. The zero-order valence-electron chi connectivity index (χ0n) is 26.6. The number of carbonyl (C=O) groups is 1. The molecule has 6 N–H and O–H groups in total. The number of rotatable bonds is 3. The Morgan fingerprint density at radius 2 is 1.20 bits per heavy atom. The van der Waals surface area contributed by atoms with Crippen LogP contribution < -0.4 is 16.4 Å². The van der Waals surface area contributed by atoms with Crippen LogP contribution in [0.25, 0.3) is 22.1 Å². The number of aryl methyl sites for hydroxylation is 2. The number of carbonyl (C=O) groups excluding carboxylic acids is 1. The first-order valence-electron chi connectivity index (χ1n) is 13.7. The van der Waals surface area contributed by atoms with E-state index in [1.54, 1.807) is 46.8 Å². The molecule has 0 aliphatic carbocycles. The van der Waals surface area contributed by atoms with E-state index in [-0.39, 0.29) is 47.9 Å². The van der Waals surface area contributed by atoms with Crippen LogP contribution in [0.2, 0.25) is 0 Å². The molecule has 2 heterocycles. The molecule has 0 aliphatic rings. The number of hydrogen-bond acceptors (Lipinski definition) is 6. The Balaban J connectivity index is 0.000000399. The number of nitrogens with one attached hydrogen (secondary N) is 4. The van der Waals surface area contributed by atoms with Crippen LogP contribution in [0.3, 0.4) is 0 Å². The molecule has 46 heavy (non-hydrogen) atoms. The molecule has 17 heteroatoms. The number of fused-ring (bicyclic) bond motifs is 2. The van der Waals surface area contributed by atoms with E-state index in [2.05, 4.69) is 35.7 Å². The number of imidazole rings is 2. The van der Waals surface area contributed by atoms with Crippen molar-refractivity contribution in [1.82, 2.24) is 30.6 Å². The molecular weight excluding hydrogens is 642 g/mol. The first-order valence-corrected chi connectivity index (χ1v) is 13.7. The molecule has 256 valence electrons. The molecule has 0 aliphatic heterocycles. The molecule has 4 rings (SSSR count). The number of aromatic amines is 2. The van der Waals surface area contributed by atoms with Crippen molar-refractivity contribution in [2.24, 2.45) is 10.9 Å². The van der Waals surface area contributed by atoms with E-state index in [1.165, 1.54) is 0 Å². The maximum atomic E-state index is 13.1. The lowest BCUT2D eigenvalue weighted by molar-refractivity contribution is -0.137. The SMILES string of the molecule is CC(C)(C)N=O.Cc1cc(C(F)(F)F)c2nc(CN)[nH]c2c1.Cc1cc(C(F)(F)F)c2nc(CNC(=O)NC(C)(C)C)[nH]c2c1.Cl. The summed E-state index contributed by atoms with van der Waals surface area (Å²) in [6, 6.07) is 4.95. The monoisotopic (exact) mass is 680 g/mol. The molecule has 0 radical (unpaired) electrons. The van der Waals surface area contributed by atoms with E-state index < -0.39 is 35.0 Å². The minimum atomic E-state index is -4.48. The van der Waals surface area contributed by atoms with Gasteiger partial charge < -0.3 is 26.3 Å². The topological polar surface area (TPSA) is 154 Å². The number of alkyl halides is 6. The van der Waals surface area contributed by atoms with Crippen LogP contribution >= 0.6 is 12.4 Å². The quantitative estimate of drug-likeness (QED) is 0.110. The highest BCUT2D eigenvalue weighted by Crippen LogP contribution is 2.35. The molecule has 0 unspecified atom stereocenters.